The molecule has 1 fully saturated rings. The van der Waals surface area contributed by atoms with E-state index in [0.717, 1.165) is 53.2 Å². The Bertz CT molecular complexity index is 1080. The highest BCUT2D eigenvalue weighted by Crippen LogP contribution is 2.29. The standard InChI is InChI=1S/C27H31N3O2/c1-19-11-12-25(20(2)14-19)27(31)30-13-7-10-23(16-30)26-24(15-28-21(3)29-26)18-32-17-22-8-5-4-6-9-22/h4-6,8-9,11-12,14-15,23H,7,10,13,16-18H2,1-3H3. The number of aromatic nitrogens is 2. The van der Waals surface area contributed by atoms with Crippen LogP contribution in [0.5, 0.6) is 0 Å². The van der Waals surface area contributed by atoms with Crippen molar-refractivity contribution in [2.75, 3.05) is 13.1 Å². The topological polar surface area (TPSA) is 55.3 Å². The highest BCUT2D eigenvalue weighted by molar-refractivity contribution is 5.95. The van der Waals surface area contributed by atoms with Gasteiger partial charge in [0.25, 0.3) is 5.91 Å². The quantitative estimate of drug-likeness (QED) is 0.545. The van der Waals surface area contributed by atoms with E-state index in [-0.39, 0.29) is 11.8 Å². The molecule has 0 saturated carbocycles. The summed E-state index contributed by atoms with van der Waals surface area (Å²) in [6.45, 7) is 8.46. The highest BCUT2D eigenvalue weighted by atomic mass is 16.5. The van der Waals surface area contributed by atoms with Crippen molar-refractivity contribution in [3.63, 3.8) is 0 Å². The van der Waals surface area contributed by atoms with Crippen LogP contribution in [-0.2, 0) is 18.0 Å². The van der Waals surface area contributed by atoms with E-state index in [9.17, 15) is 4.79 Å². The van der Waals surface area contributed by atoms with Gasteiger partial charge in [-0.1, -0.05) is 48.0 Å². The van der Waals surface area contributed by atoms with Gasteiger partial charge in [-0.3, -0.25) is 4.79 Å². The average molecular weight is 430 g/mol. The molecule has 1 unspecified atom stereocenters. The van der Waals surface area contributed by atoms with Crippen LogP contribution in [0.2, 0.25) is 0 Å². The number of carbonyl (C=O) groups excluding carboxylic acids is 1. The predicted molar refractivity (Wildman–Crippen MR) is 125 cm³/mol. The lowest BCUT2D eigenvalue weighted by Crippen LogP contribution is -2.40. The minimum Gasteiger partial charge on any atom is -0.372 e. The van der Waals surface area contributed by atoms with Gasteiger partial charge in [-0.15, -0.1) is 0 Å². The fraction of sp³-hybridized carbons (Fsp3) is 0.370. The SMILES string of the molecule is Cc1ccc(C(=O)N2CCCC(c3nc(C)ncc3COCc3ccccc3)C2)c(C)c1. The van der Waals surface area contributed by atoms with Crippen LogP contribution in [0.25, 0.3) is 0 Å². The fourth-order valence-corrected chi connectivity index (χ4v) is 4.44. The van der Waals surface area contributed by atoms with E-state index in [4.69, 9.17) is 9.72 Å². The van der Waals surface area contributed by atoms with Gasteiger partial charge in [-0.25, -0.2) is 9.97 Å². The fourth-order valence-electron chi connectivity index (χ4n) is 4.44. The predicted octanol–water partition coefficient (Wildman–Crippen LogP) is 5.14. The summed E-state index contributed by atoms with van der Waals surface area (Å²) in [5.74, 6) is 1.06. The number of carbonyl (C=O) groups is 1. The van der Waals surface area contributed by atoms with Gasteiger partial charge in [-0.05, 0) is 50.8 Å². The van der Waals surface area contributed by atoms with E-state index in [0.29, 0.717) is 19.8 Å². The van der Waals surface area contributed by atoms with Crippen molar-refractivity contribution in [1.29, 1.82) is 0 Å². The number of hydrogen-bond acceptors (Lipinski definition) is 4. The van der Waals surface area contributed by atoms with Crippen molar-refractivity contribution in [3.05, 3.63) is 94.1 Å². The number of aryl methyl sites for hydroxylation is 3. The number of hydrogen-bond donors (Lipinski definition) is 0. The summed E-state index contributed by atoms with van der Waals surface area (Å²) in [5.41, 5.74) is 6.17. The first-order valence-electron chi connectivity index (χ1n) is 11.3. The van der Waals surface area contributed by atoms with E-state index in [2.05, 4.69) is 30.1 Å². The molecule has 1 saturated heterocycles. The molecule has 0 radical (unpaired) electrons. The van der Waals surface area contributed by atoms with Crippen molar-refractivity contribution < 1.29 is 9.53 Å². The molecule has 2 aromatic carbocycles. The number of ether oxygens (including phenoxy) is 1. The van der Waals surface area contributed by atoms with Crippen LogP contribution < -0.4 is 0 Å². The van der Waals surface area contributed by atoms with E-state index < -0.39 is 0 Å². The summed E-state index contributed by atoms with van der Waals surface area (Å²) in [6.07, 6.45) is 3.86. The molecule has 0 aliphatic carbocycles. The largest absolute Gasteiger partial charge is 0.372 e. The Balaban J connectivity index is 1.48. The van der Waals surface area contributed by atoms with E-state index in [1.54, 1.807) is 0 Å². The second-order valence-corrected chi connectivity index (χ2v) is 8.71. The average Bonchev–Trinajstić information content (AvgIpc) is 2.80. The van der Waals surface area contributed by atoms with Crippen LogP contribution in [0.3, 0.4) is 0 Å². The molecular weight excluding hydrogens is 398 g/mol. The summed E-state index contributed by atoms with van der Waals surface area (Å²) in [4.78, 5) is 24.4. The van der Waals surface area contributed by atoms with Crippen LogP contribution in [0.4, 0.5) is 0 Å². The molecule has 166 valence electrons. The van der Waals surface area contributed by atoms with Gasteiger partial charge in [0.15, 0.2) is 0 Å². The molecule has 2 heterocycles. The minimum atomic E-state index is 0.111. The van der Waals surface area contributed by atoms with Crippen LogP contribution in [0.15, 0.2) is 54.7 Å². The molecule has 32 heavy (non-hydrogen) atoms. The number of benzene rings is 2. The summed E-state index contributed by atoms with van der Waals surface area (Å²) in [6, 6.07) is 16.2. The van der Waals surface area contributed by atoms with Gasteiger partial charge in [0.2, 0.25) is 0 Å². The maximum absolute atomic E-state index is 13.3. The number of nitrogens with zero attached hydrogens (tertiary/aromatic N) is 3. The Hall–Kier alpha value is -3.05. The van der Waals surface area contributed by atoms with Crippen molar-refractivity contribution >= 4 is 5.91 Å². The summed E-state index contributed by atoms with van der Waals surface area (Å²) in [7, 11) is 0. The van der Waals surface area contributed by atoms with Gasteiger partial charge >= 0.3 is 0 Å². The Kier molecular flexibility index (Phi) is 6.96. The van der Waals surface area contributed by atoms with Crippen LogP contribution in [-0.4, -0.2) is 33.9 Å². The monoisotopic (exact) mass is 429 g/mol. The molecule has 1 aliphatic heterocycles. The lowest BCUT2D eigenvalue weighted by atomic mass is 9.91. The Morgan fingerprint density at radius 2 is 1.91 bits per heavy atom. The number of likely N-dealkylation sites (tertiary alicyclic amines) is 1. The first-order chi connectivity index (χ1) is 15.5. The van der Waals surface area contributed by atoms with E-state index >= 15 is 0 Å². The van der Waals surface area contributed by atoms with Crippen molar-refractivity contribution in [3.8, 4) is 0 Å². The zero-order valence-electron chi connectivity index (χ0n) is 19.2. The lowest BCUT2D eigenvalue weighted by molar-refractivity contribution is 0.0702. The molecule has 1 atom stereocenters. The third-order valence-electron chi connectivity index (χ3n) is 6.10. The zero-order chi connectivity index (χ0) is 22.5. The summed E-state index contributed by atoms with van der Waals surface area (Å²) < 4.78 is 5.99. The molecule has 1 amide bonds. The number of amides is 1. The second-order valence-electron chi connectivity index (χ2n) is 8.71. The van der Waals surface area contributed by atoms with Crippen molar-refractivity contribution in [1.82, 2.24) is 14.9 Å². The summed E-state index contributed by atoms with van der Waals surface area (Å²) in [5, 5.41) is 0. The van der Waals surface area contributed by atoms with Crippen LogP contribution >= 0.6 is 0 Å². The minimum absolute atomic E-state index is 0.111. The maximum atomic E-state index is 13.3. The molecule has 0 spiro atoms. The van der Waals surface area contributed by atoms with Gasteiger partial charge in [0.05, 0.1) is 18.9 Å². The highest BCUT2D eigenvalue weighted by Gasteiger charge is 2.28. The number of rotatable bonds is 6. The smallest absolute Gasteiger partial charge is 0.254 e. The van der Waals surface area contributed by atoms with Crippen molar-refractivity contribution in [2.45, 2.75) is 52.7 Å². The van der Waals surface area contributed by atoms with Gasteiger partial charge < -0.3 is 9.64 Å². The van der Waals surface area contributed by atoms with E-state index in [1.165, 1.54) is 5.56 Å². The Morgan fingerprint density at radius 3 is 2.69 bits per heavy atom. The number of piperidine rings is 1. The van der Waals surface area contributed by atoms with Crippen LogP contribution in [0.1, 0.15) is 62.9 Å². The molecule has 1 aromatic heterocycles. The first-order valence-corrected chi connectivity index (χ1v) is 11.3. The third kappa shape index (κ3) is 5.22. The molecule has 5 heteroatoms. The van der Waals surface area contributed by atoms with Gasteiger partial charge in [0.1, 0.15) is 5.82 Å². The molecule has 0 N–H and O–H groups in total. The molecular formula is C27H31N3O2. The molecule has 3 aromatic rings. The van der Waals surface area contributed by atoms with Gasteiger partial charge in [0, 0.05) is 36.3 Å². The molecule has 0 bridgehead atoms. The third-order valence-corrected chi connectivity index (χ3v) is 6.10. The first kappa shape index (κ1) is 22.2. The van der Waals surface area contributed by atoms with Crippen molar-refractivity contribution in [2.24, 2.45) is 0 Å². The molecule has 5 nitrogen and oxygen atoms in total. The van der Waals surface area contributed by atoms with Gasteiger partial charge in [-0.2, -0.15) is 0 Å². The lowest BCUT2D eigenvalue weighted by Gasteiger charge is -2.33. The Morgan fingerprint density at radius 1 is 1.09 bits per heavy atom. The second kappa shape index (κ2) is 10.0. The normalized spacial score (nSPS) is 16.2. The zero-order valence-corrected chi connectivity index (χ0v) is 19.2. The molecule has 1 aliphatic rings. The molecule has 4 rings (SSSR count). The maximum Gasteiger partial charge on any atom is 0.254 e. The summed E-state index contributed by atoms with van der Waals surface area (Å²) >= 11 is 0. The van der Waals surface area contributed by atoms with E-state index in [1.807, 2.05) is 55.3 Å². The Labute approximate surface area is 190 Å². The van der Waals surface area contributed by atoms with Crippen LogP contribution in [0, 0.1) is 20.8 Å².